The van der Waals surface area contributed by atoms with Crippen molar-refractivity contribution in [3.8, 4) is 5.88 Å². The van der Waals surface area contributed by atoms with E-state index in [-0.39, 0.29) is 18.0 Å². The second-order valence-electron chi connectivity index (χ2n) is 5.48. The molecular weight excluding hydrogens is 347 g/mol. The molecule has 5 nitrogen and oxygen atoms in total. The summed E-state index contributed by atoms with van der Waals surface area (Å²) in [6.45, 7) is -0.0585. The lowest BCUT2D eigenvalue weighted by Crippen LogP contribution is -2.24. The van der Waals surface area contributed by atoms with Gasteiger partial charge in [0, 0.05) is 18.1 Å². The Hall–Kier alpha value is -3.16. The van der Waals surface area contributed by atoms with Gasteiger partial charge in [0.1, 0.15) is 5.56 Å². The number of carbonyl (C=O) groups is 1. The first kappa shape index (κ1) is 17.7. The number of hydrogen-bond donors (Lipinski definition) is 1. The second kappa shape index (κ2) is 6.99. The Morgan fingerprint density at radius 2 is 2.00 bits per heavy atom. The number of amides is 1. The molecule has 0 saturated carbocycles. The number of ether oxygens (including phenoxy) is 1. The third kappa shape index (κ3) is 3.74. The summed E-state index contributed by atoms with van der Waals surface area (Å²) in [4.78, 5) is 20.7. The minimum absolute atomic E-state index is 0.0585. The van der Waals surface area contributed by atoms with Gasteiger partial charge in [-0.15, -0.1) is 0 Å². The highest BCUT2D eigenvalue weighted by atomic mass is 19.4. The Labute approximate surface area is 146 Å². The maximum atomic E-state index is 12.8. The fourth-order valence-electron chi connectivity index (χ4n) is 2.44. The standard InChI is InChI=1S/C18H14F3N3O2/c1-26-17-14(9-12-5-3-7-22-15(12)24-17)16(25)23-10-11-4-2-6-13(8-11)18(19,20)21/h2-9H,10H2,1H3,(H,23,25). The van der Waals surface area contributed by atoms with Crippen LogP contribution in [0.4, 0.5) is 13.2 Å². The second-order valence-corrected chi connectivity index (χ2v) is 5.48. The van der Waals surface area contributed by atoms with Gasteiger partial charge in [-0.25, -0.2) is 4.98 Å². The molecule has 3 rings (SSSR count). The van der Waals surface area contributed by atoms with E-state index in [0.29, 0.717) is 16.6 Å². The van der Waals surface area contributed by atoms with E-state index < -0.39 is 17.6 Å². The Kier molecular flexibility index (Phi) is 4.75. The fraction of sp³-hybridized carbons (Fsp3) is 0.167. The van der Waals surface area contributed by atoms with Gasteiger partial charge in [-0.05, 0) is 35.9 Å². The van der Waals surface area contributed by atoms with Crippen LogP contribution in [0, 0.1) is 0 Å². The molecule has 1 aromatic carbocycles. The number of alkyl halides is 3. The molecule has 0 atom stereocenters. The van der Waals surface area contributed by atoms with Gasteiger partial charge in [0.2, 0.25) is 5.88 Å². The van der Waals surface area contributed by atoms with Crippen LogP contribution in [0.2, 0.25) is 0 Å². The number of aromatic nitrogens is 2. The number of hydrogen-bond acceptors (Lipinski definition) is 4. The minimum Gasteiger partial charge on any atom is -0.480 e. The number of halogens is 3. The highest BCUT2D eigenvalue weighted by molar-refractivity contribution is 5.99. The van der Waals surface area contributed by atoms with Gasteiger partial charge in [-0.3, -0.25) is 4.79 Å². The van der Waals surface area contributed by atoms with E-state index in [0.717, 1.165) is 12.1 Å². The van der Waals surface area contributed by atoms with Crippen LogP contribution in [0.1, 0.15) is 21.5 Å². The zero-order chi connectivity index (χ0) is 18.7. The van der Waals surface area contributed by atoms with Crippen LogP contribution in [-0.4, -0.2) is 23.0 Å². The highest BCUT2D eigenvalue weighted by Gasteiger charge is 2.30. The molecule has 2 heterocycles. The van der Waals surface area contributed by atoms with Crippen molar-refractivity contribution in [2.45, 2.75) is 12.7 Å². The number of benzene rings is 1. The van der Waals surface area contributed by atoms with Crippen LogP contribution < -0.4 is 10.1 Å². The van der Waals surface area contributed by atoms with Gasteiger partial charge in [0.25, 0.3) is 5.91 Å². The molecule has 0 bridgehead atoms. The molecular formula is C18H14F3N3O2. The van der Waals surface area contributed by atoms with Crippen molar-refractivity contribution < 1.29 is 22.7 Å². The van der Waals surface area contributed by atoms with Crippen LogP contribution in [-0.2, 0) is 12.7 Å². The molecule has 2 aromatic heterocycles. The van der Waals surface area contributed by atoms with Crippen LogP contribution in [0.25, 0.3) is 11.0 Å². The van der Waals surface area contributed by atoms with E-state index in [9.17, 15) is 18.0 Å². The van der Waals surface area contributed by atoms with Crippen LogP contribution in [0.3, 0.4) is 0 Å². The molecule has 0 radical (unpaired) electrons. The normalized spacial score (nSPS) is 11.4. The molecule has 0 fully saturated rings. The minimum atomic E-state index is -4.43. The lowest BCUT2D eigenvalue weighted by molar-refractivity contribution is -0.137. The van der Waals surface area contributed by atoms with E-state index in [4.69, 9.17) is 4.74 Å². The van der Waals surface area contributed by atoms with Crippen molar-refractivity contribution in [2.75, 3.05) is 7.11 Å². The fourth-order valence-corrected chi connectivity index (χ4v) is 2.44. The van der Waals surface area contributed by atoms with Gasteiger partial charge in [0.15, 0.2) is 5.65 Å². The number of fused-ring (bicyclic) bond motifs is 1. The van der Waals surface area contributed by atoms with Gasteiger partial charge in [-0.2, -0.15) is 18.2 Å². The molecule has 0 aliphatic carbocycles. The van der Waals surface area contributed by atoms with Gasteiger partial charge >= 0.3 is 6.18 Å². The summed E-state index contributed by atoms with van der Waals surface area (Å²) in [6.07, 6.45) is -2.86. The average molecular weight is 361 g/mol. The number of nitrogens with zero attached hydrogens (tertiary/aromatic N) is 2. The van der Waals surface area contributed by atoms with Gasteiger partial charge in [-0.1, -0.05) is 12.1 Å². The summed E-state index contributed by atoms with van der Waals surface area (Å²) >= 11 is 0. The zero-order valence-electron chi connectivity index (χ0n) is 13.7. The van der Waals surface area contributed by atoms with Crippen LogP contribution in [0.5, 0.6) is 5.88 Å². The molecule has 0 unspecified atom stereocenters. The summed E-state index contributed by atoms with van der Waals surface area (Å²) in [5.74, 6) is -0.407. The predicted molar refractivity (Wildman–Crippen MR) is 88.7 cm³/mol. The first-order valence-corrected chi connectivity index (χ1v) is 7.62. The third-order valence-electron chi connectivity index (χ3n) is 3.70. The Balaban J connectivity index is 1.81. The molecule has 0 aliphatic rings. The maximum Gasteiger partial charge on any atom is 0.416 e. The topological polar surface area (TPSA) is 64.1 Å². The van der Waals surface area contributed by atoms with Crippen molar-refractivity contribution in [1.29, 1.82) is 0 Å². The predicted octanol–water partition coefficient (Wildman–Crippen LogP) is 3.59. The lowest BCUT2D eigenvalue weighted by Gasteiger charge is -2.11. The number of carbonyl (C=O) groups excluding carboxylic acids is 1. The van der Waals surface area contributed by atoms with Crippen molar-refractivity contribution in [3.63, 3.8) is 0 Å². The number of rotatable bonds is 4. The molecule has 26 heavy (non-hydrogen) atoms. The molecule has 1 amide bonds. The number of methoxy groups -OCH3 is 1. The van der Waals surface area contributed by atoms with Crippen molar-refractivity contribution in [1.82, 2.24) is 15.3 Å². The first-order chi connectivity index (χ1) is 12.4. The summed E-state index contributed by atoms with van der Waals surface area (Å²) < 4.78 is 43.4. The zero-order valence-corrected chi connectivity index (χ0v) is 13.7. The van der Waals surface area contributed by atoms with Crippen molar-refractivity contribution in [3.05, 3.63) is 65.4 Å². The highest BCUT2D eigenvalue weighted by Crippen LogP contribution is 2.29. The Morgan fingerprint density at radius 3 is 2.73 bits per heavy atom. The smallest absolute Gasteiger partial charge is 0.416 e. The molecule has 0 saturated heterocycles. The molecule has 0 aliphatic heterocycles. The van der Waals surface area contributed by atoms with Crippen molar-refractivity contribution >= 4 is 16.9 Å². The molecule has 1 N–H and O–H groups in total. The summed E-state index contributed by atoms with van der Waals surface area (Å²) in [7, 11) is 1.38. The average Bonchev–Trinajstić information content (AvgIpc) is 2.64. The summed E-state index contributed by atoms with van der Waals surface area (Å²) in [6, 6.07) is 9.83. The summed E-state index contributed by atoms with van der Waals surface area (Å²) in [5.41, 5.74) is 0.182. The van der Waals surface area contributed by atoms with E-state index in [1.165, 1.54) is 19.2 Å². The lowest BCUT2D eigenvalue weighted by atomic mass is 10.1. The van der Waals surface area contributed by atoms with E-state index in [2.05, 4.69) is 15.3 Å². The molecule has 134 valence electrons. The van der Waals surface area contributed by atoms with Gasteiger partial charge in [0.05, 0.1) is 12.7 Å². The number of pyridine rings is 2. The van der Waals surface area contributed by atoms with Crippen molar-refractivity contribution in [2.24, 2.45) is 0 Å². The van der Waals surface area contributed by atoms with Crippen LogP contribution in [0.15, 0.2) is 48.7 Å². The monoisotopic (exact) mass is 361 g/mol. The largest absolute Gasteiger partial charge is 0.480 e. The van der Waals surface area contributed by atoms with Crippen LogP contribution >= 0.6 is 0 Å². The first-order valence-electron chi connectivity index (χ1n) is 7.62. The Morgan fingerprint density at radius 1 is 1.19 bits per heavy atom. The maximum absolute atomic E-state index is 12.8. The Bertz CT molecular complexity index is 958. The number of nitrogens with one attached hydrogen (secondary N) is 1. The van der Waals surface area contributed by atoms with E-state index in [1.807, 2.05) is 0 Å². The molecule has 3 aromatic rings. The van der Waals surface area contributed by atoms with E-state index in [1.54, 1.807) is 24.4 Å². The third-order valence-corrected chi connectivity index (χ3v) is 3.70. The molecule has 8 heteroatoms. The SMILES string of the molecule is COc1nc2ncccc2cc1C(=O)NCc1cccc(C(F)(F)F)c1. The van der Waals surface area contributed by atoms with E-state index >= 15 is 0 Å². The quantitative estimate of drug-likeness (QED) is 0.771. The molecule has 0 spiro atoms. The van der Waals surface area contributed by atoms with Gasteiger partial charge < -0.3 is 10.1 Å². The summed E-state index contributed by atoms with van der Waals surface area (Å²) in [5, 5.41) is 3.24.